The number of alkyl halides is 1. The summed E-state index contributed by atoms with van der Waals surface area (Å²) in [4.78, 5) is 0. The van der Waals surface area contributed by atoms with Gasteiger partial charge >= 0.3 is 0 Å². The van der Waals surface area contributed by atoms with E-state index in [1.54, 1.807) is 0 Å². The van der Waals surface area contributed by atoms with Crippen molar-refractivity contribution in [2.24, 2.45) is 0 Å². The first-order chi connectivity index (χ1) is 2.89. The van der Waals surface area contributed by atoms with Crippen molar-refractivity contribution in [1.82, 2.24) is 5.32 Å². The van der Waals surface area contributed by atoms with Crippen molar-refractivity contribution in [3.8, 4) is 0 Å². The van der Waals surface area contributed by atoms with E-state index in [1.807, 2.05) is 0 Å². The first-order valence-corrected chi connectivity index (χ1v) is 1.96. The van der Waals surface area contributed by atoms with Gasteiger partial charge in [0.15, 0.2) is 6.26 Å². The van der Waals surface area contributed by atoms with Crippen molar-refractivity contribution in [2.45, 2.75) is 5.69 Å². The summed E-state index contributed by atoms with van der Waals surface area (Å²) in [7, 11) is 0. The fourth-order valence-corrected chi connectivity index (χ4v) is 0.342. The molecular formula is C3H3ClNO. The van der Waals surface area contributed by atoms with Crippen molar-refractivity contribution >= 4 is 11.6 Å². The van der Waals surface area contributed by atoms with E-state index in [1.165, 1.54) is 6.20 Å². The Morgan fingerprint density at radius 1 is 2.00 bits per heavy atom. The normalized spacial score (nSPS) is 29.2. The van der Waals surface area contributed by atoms with Crippen LogP contribution in [0.15, 0.2) is 6.20 Å². The van der Waals surface area contributed by atoms with Crippen LogP contribution in [0.25, 0.3) is 0 Å². The van der Waals surface area contributed by atoms with E-state index in [2.05, 4.69) is 16.3 Å². The maximum absolute atomic E-state index is 5.29. The maximum Gasteiger partial charge on any atom is 0.247 e. The molecule has 6 heavy (non-hydrogen) atoms. The van der Waals surface area contributed by atoms with Crippen molar-refractivity contribution in [1.29, 1.82) is 0 Å². The van der Waals surface area contributed by atoms with Crippen LogP contribution in [-0.2, 0) is 4.74 Å². The lowest BCUT2D eigenvalue weighted by Gasteiger charge is -1.95. The minimum absolute atomic E-state index is 0.398. The van der Waals surface area contributed by atoms with Crippen molar-refractivity contribution < 1.29 is 4.74 Å². The van der Waals surface area contributed by atoms with E-state index in [-0.39, 0.29) is 0 Å². The molecule has 0 aromatic carbocycles. The molecule has 1 atom stereocenters. The third-order valence-electron chi connectivity index (χ3n) is 0.445. The van der Waals surface area contributed by atoms with Crippen LogP contribution in [0.4, 0.5) is 0 Å². The van der Waals surface area contributed by atoms with E-state index in [0.29, 0.717) is 0 Å². The van der Waals surface area contributed by atoms with Crippen LogP contribution in [0.3, 0.4) is 0 Å². The predicted molar refractivity (Wildman–Crippen MR) is 21.7 cm³/mol. The third-order valence-corrected chi connectivity index (χ3v) is 0.660. The highest BCUT2D eigenvalue weighted by molar-refractivity contribution is 6.19. The number of halogens is 1. The summed E-state index contributed by atoms with van der Waals surface area (Å²) in [5.74, 6) is 0. The van der Waals surface area contributed by atoms with Gasteiger partial charge in [0, 0.05) is 6.20 Å². The summed E-state index contributed by atoms with van der Waals surface area (Å²) in [5, 5.41) is 2.63. The summed E-state index contributed by atoms with van der Waals surface area (Å²) >= 11 is 5.29. The maximum atomic E-state index is 5.29. The lowest BCUT2D eigenvalue weighted by atomic mass is 11.0. The Kier molecular flexibility index (Phi) is 0.881. The summed E-state index contributed by atoms with van der Waals surface area (Å²) < 4.78 is 4.50. The standard InChI is InChI=1S/C3H3ClNO/c4-3-5-1-2-6-3/h1,3,5H. The van der Waals surface area contributed by atoms with Gasteiger partial charge in [-0.15, -0.1) is 0 Å². The van der Waals surface area contributed by atoms with E-state index >= 15 is 0 Å². The Morgan fingerprint density at radius 3 is 3.00 bits per heavy atom. The fraction of sp³-hybridized carbons (Fsp3) is 0.333. The zero-order valence-corrected chi connectivity index (χ0v) is 3.70. The topological polar surface area (TPSA) is 21.3 Å². The van der Waals surface area contributed by atoms with Crippen molar-refractivity contribution in [3.05, 3.63) is 12.5 Å². The molecule has 0 saturated carbocycles. The second-order valence-corrected chi connectivity index (χ2v) is 1.26. The highest BCUT2D eigenvalue weighted by atomic mass is 35.5. The molecule has 1 rings (SSSR count). The van der Waals surface area contributed by atoms with Crippen LogP contribution in [-0.4, -0.2) is 5.69 Å². The van der Waals surface area contributed by atoms with Gasteiger partial charge in [-0.1, -0.05) is 11.6 Å². The molecule has 3 heteroatoms. The van der Waals surface area contributed by atoms with Gasteiger partial charge in [0.1, 0.15) is 0 Å². The van der Waals surface area contributed by atoms with Crippen molar-refractivity contribution in [3.63, 3.8) is 0 Å². The van der Waals surface area contributed by atoms with Crippen LogP contribution in [0.2, 0.25) is 0 Å². The SMILES string of the molecule is ClC1NC=[C]O1. The van der Waals surface area contributed by atoms with Gasteiger partial charge in [0.05, 0.1) is 0 Å². The third kappa shape index (κ3) is 0.571. The number of hydrogen-bond acceptors (Lipinski definition) is 2. The monoisotopic (exact) mass is 104 g/mol. The van der Waals surface area contributed by atoms with Crippen LogP contribution >= 0.6 is 11.6 Å². The molecule has 1 N–H and O–H groups in total. The van der Waals surface area contributed by atoms with E-state index < -0.39 is 5.69 Å². The molecule has 0 aromatic rings. The van der Waals surface area contributed by atoms with Crippen LogP contribution < -0.4 is 5.32 Å². The Labute approximate surface area is 40.7 Å². The van der Waals surface area contributed by atoms with Crippen LogP contribution in [0, 0.1) is 6.26 Å². The number of ether oxygens (including phenoxy) is 1. The number of nitrogens with one attached hydrogen (secondary N) is 1. The van der Waals surface area contributed by atoms with Crippen LogP contribution in [0.5, 0.6) is 0 Å². The summed E-state index contributed by atoms with van der Waals surface area (Å²) in [6, 6.07) is 0. The van der Waals surface area contributed by atoms with Gasteiger partial charge in [-0.3, -0.25) is 0 Å². The summed E-state index contributed by atoms with van der Waals surface area (Å²) in [6.07, 6.45) is 3.93. The Hall–Kier alpha value is -0.370. The molecule has 1 unspecified atom stereocenters. The summed E-state index contributed by atoms with van der Waals surface area (Å²) in [6.45, 7) is 0. The molecule has 1 aliphatic rings. The molecule has 0 saturated heterocycles. The van der Waals surface area contributed by atoms with Gasteiger partial charge in [0.25, 0.3) is 0 Å². The minimum atomic E-state index is -0.398. The molecule has 1 heterocycles. The van der Waals surface area contributed by atoms with E-state index in [4.69, 9.17) is 11.6 Å². The minimum Gasteiger partial charge on any atom is -0.451 e. The Morgan fingerprint density at radius 2 is 2.83 bits per heavy atom. The predicted octanol–water partition coefficient (Wildman–Crippen LogP) is 0.403. The number of hydrogen-bond donors (Lipinski definition) is 1. The highest BCUT2D eigenvalue weighted by Crippen LogP contribution is 1.97. The lowest BCUT2D eigenvalue weighted by molar-refractivity contribution is 0.210. The molecule has 1 aliphatic heterocycles. The first kappa shape index (κ1) is 3.81. The zero-order valence-electron chi connectivity index (χ0n) is 2.94. The van der Waals surface area contributed by atoms with Gasteiger partial charge in [-0.25, -0.2) is 0 Å². The molecule has 0 aromatic heterocycles. The second kappa shape index (κ2) is 1.39. The lowest BCUT2D eigenvalue weighted by Crippen LogP contribution is -2.11. The second-order valence-electron chi connectivity index (χ2n) is 0.863. The molecule has 0 aliphatic carbocycles. The largest absolute Gasteiger partial charge is 0.451 e. The molecular weight excluding hydrogens is 101 g/mol. The molecule has 0 amide bonds. The Bertz CT molecular complexity index is 65.2. The molecule has 2 nitrogen and oxygen atoms in total. The fourth-order valence-electron chi connectivity index (χ4n) is 0.227. The Balaban J connectivity index is 2.32. The molecule has 1 radical (unpaired) electrons. The zero-order chi connectivity index (χ0) is 4.41. The summed E-state index contributed by atoms with van der Waals surface area (Å²) in [5.41, 5.74) is -0.398. The van der Waals surface area contributed by atoms with Crippen LogP contribution in [0.1, 0.15) is 0 Å². The molecule has 0 bridgehead atoms. The average molecular weight is 105 g/mol. The van der Waals surface area contributed by atoms with E-state index in [9.17, 15) is 0 Å². The van der Waals surface area contributed by atoms with Gasteiger partial charge in [-0.2, -0.15) is 0 Å². The van der Waals surface area contributed by atoms with Gasteiger partial charge < -0.3 is 10.1 Å². The number of rotatable bonds is 0. The van der Waals surface area contributed by atoms with Crippen molar-refractivity contribution in [2.75, 3.05) is 0 Å². The smallest absolute Gasteiger partial charge is 0.247 e. The average Bonchev–Trinajstić information content (AvgIpc) is 1.86. The van der Waals surface area contributed by atoms with Gasteiger partial charge in [0.2, 0.25) is 5.69 Å². The highest BCUT2D eigenvalue weighted by Gasteiger charge is 2.01. The molecule has 0 fully saturated rings. The van der Waals surface area contributed by atoms with E-state index in [0.717, 1.165) is 0 Å². The quantitative estimate of drug-likeness (QED) is 0.355. The molecule has 0 spiro atoms. The first-order valence-electron chi connectivity index (χ1n) is 1.52. The molecule has 33 valence electrons. The van der Waals surface area contributed by atoms with Gasteiger partial charge in [-0.05, 0) is 0 Å².